The quantitative estimate of drug-likeness (QED) is 0.594. The zero-order chi connectivity index (χ0) is 9.03. The van der Waals surface area contributed by atoms with Crippen LogP contribution in [-0.2, 0) is 14.2 Å². The molecule has 12 heavy (non-hydrogen) atoms. The summed E-state index contributed by atoms with van der Waals surface area (Å²) in [6.07, 6.45) is 0.855. The zero-order valence-corrected chi connectivity index (χ0v) is 8.13. The summed E-state index contributed by atoms with van der Waals surface area (Å²) in [4.78, 5) is 0. The van der Waals surface area contributed by atoms with Gasteiger partial charge in [-0.2, -0.15) is 0 Å². The van der Waals surface area contributed by atoms with Crippen molar-refractivity contribution in [1.82, 2.24) is 0 Å². The monoisotopic (exact) mass is 174 g/mol. The summed E-state index contributed by atoms with van der Waals surface area (Å²) in [6.45, 7) is 8.25. The smallest absolute Gasteiger partial charge is 0.285 e. The highest BCUT2D eigenvalue weighted by atomic mass is 16.9. The maximum Gasteiger partial charge on any atom is 0.285 e. The third-order valence-corrected chi connectivity index (χ3v) is 1.73. The number of hydrogen-bond acceptors (Lipinski definition) is 3. The van der Waals surface area contributed by atoms with Crippen molar-refractivity contribution in [3.63, 3.8) is 0 Å². The summed E-state index contributed by atoms with van der Waals surface area (Å²) < 4.78 is 16.2. The molecule has 3 nitrogen and oxygen atoms in total. The molecule has 1 aliphatic heterocycles. The molecule has 1 atom stereocenters. The second-order valence-electron chi connectivity index (χ2n) is 3.42. The fraction of sp³-hybridized carbons (Fsp3) is 1.00. The lowest BCUT2D eigenvalue weighted by molar-refractivity contribution is -0.436. The minimum Gasteiger partial charge on any atom is -0.328 e. The van der Waals surface area contributed by atoms with Gasteiger partial charge in [-0.3, -0.25) is 0 Å². The second kappa shape index (κ2) is 4.21. The zero-order valence-electron chi connectivity index (χ0n) is 8.13. The van der Waals surface area contributed by atoms with E-state index in [2.05, 4.69) is 13.8 Å². The van der Waals surface area contributed by atoms with Crippen LogP contribution in [0.4, 0.5) is 0 Å². The molecule has 72 valence electrons. The Morgan fingerprint density at radius 1 is 1.42 bits per heavy atom. The summed E-state index contributed by atoms with van der Waals surface area (Å²) in [7, 11) is 0. The van der Waals surface area contributed by atoms with Gasteiger partial charge in [0.25, 0.3) is 5.97 Å². The van der Waals surface area contributed by atoms with E-state index in [9.17, 15) is 0 Å². The van der Waals surface area contributed by atoms with E-state index in [1.807, 2.05) is 6.92 Å². The Morgan fingerprint density at radius 2 is 2.08 bits per heavy atom. The van der Waals surface area contributed by atoms with Gasteiger partial charge in [0.2, 0.25) is 0 Å². The van der Waals surface area contributed by atoms with Gasteiger partial charge in [-0.1, -0.05) is 13.8 Å². The van der Waals surface area contributed by atoms with Gasteiger partial charge in [0.1, 0.15) is 0 Å². The van der Waals surface area contributed by atoms with E-state index >= 15 is 0 Å². The van der Waals surface area contributed by atoms with Gasteiger partial charge in [0.15, 0.2) is 0 Å². The fourth-order valence-corrected chi connectivity index (χ4v) is 1.05. The van der Waals surface area contributed by atoms with Crippen LogP contribution in [0, 0.1) is 5.92 Å². The molecule has 0 aromatic heterocycles. The second-order valence-corrected chi connectivity index (χ2v) is 3.42. The third-order valence-electron chi connectivity index (χ3n) is 1.73. The molecule has 0 amide bonds. The largest absolute Gasteiger partial charge is 0.328 e. The summed E-state index contributed by atoms with van der Waals surface area (Å²) in [6, 6.07) is 0. The normalized spacial score (nSPS) is 29.0. The predicted molar refractivity (Wildman–Crippen MR) is 45.7 cm³/mol. The Kier molecular flexibility index (Phi) is 3.50. The molecule has 0 aliphatic carbocycles. The minimum absolute atomic E-state index is 0.520. The van der Waals surface area contributed by atoms with Crippen molar-refractivity contribution in [2.45, 2.75) is 33.2 Å². The number of ether oxygens (including phenoxy) is 3. The van der Waals surface area contributed by atoms with Gasteiger partial charge >= 0.3 is 0 Å². The first-order chi connectivity index (χ1) is 5.68. The maximum atomic E-state index is 5.52. The van der Waals surface area contributed by atoms with Crippen LogP contribution in [0.25, 0.3) is 0 Å². The van der Waals surface area contributed by atoms with Crippen molar-refractivity contribution in [3.05, 3.63) is 0 Å². The molecule has 1 unspecified atom stereocenters. The van der Waals surface area contributed by atoms with Crippen molar-refractivity contribution in [3.8, 4) is 0 Å². The summed E-state index contributed by atoms with van der Waals surface area (Å²) >= 11 is 0. The van der Waals surface area contributed by atoms with Crippen LogP contribution in [0.5, 0.6) is 0 Å². The Bertz CT molecular complexity index is 130. The molecule has 0 bridgehead atoms. The van der Waals surface area contributed by atoms with Crippen LogP contribution in [0.1, 0.15) is 27.2 Å². The minimum atomic E-state index is -0.695. The van der Waals surface area contributed by atoms with Gasteiger partial charge < -0.3 is 14.2 Å². The van der Waals surface area contributed by atoms with Gasteiger partial charge in [-0.05, 0) is 12.8 Å². The predicted octanol–water partition coefficient (Wildman–Crippen LogP) is 1.77. The van der Waals surface area contributed by atoms with Gasteiger partial charge in [-0.25, -0.2) is 0 Å². The van der Waals surface area contributed by atoms with E-state index in [0.717, 1.165) is 13.0 Å². The van der Waals surface area contributed by atoms with Crippen LogP contribution in [0.3, 0.4) is 0 Å². The highest BCUT2D eigenvalue weighted by Gasteiger charge is 2.41. The average molecular weight is 174 g/mol. The lowest BCUT2D eigenvalue weighted by atomic mass is 10.2. The lowest BCUT2D eigenvalue weighted by Gasteiger charge is -2.40. The molecule has 1 aliphatic rings. The molecule has 3 heteroatoms. The van der Waals surface area contributed by atoms with Crippen LogP contribution in [0.15, 0.2) is 0 Å². The first kappa shape index (κ1) is 9.96. The summed E-state index contributed by atoms with van der Waals surface area (Å²) in [5.74, 6) is -0.175. The van der Waals surface area contributed by atoms with Gasteiger partial charge in [0.05, 0.1) is 19.6 Å². The Hall–Kier alpha value is -0.120. The maximum absolute atomic E-state index is 5.52. The average Bonchev–Trinajstić information content (AvgIpc) is 1.94. The molecule has 0 aromatic rings. The fourth-order valence-electron chi connectivity index (χ4n) is 1.05. The third kappa shape index (κ3) is 2.44. The molecule has 0 spiro atoms. The van der Waals surface area contributed by atoms with E-state index < -0.39 is 5.97 Å². The van der Waals surface area contributed by atoms with Crippen LogP contribution >= 0.6 is 0 Å². The van der Waals surface area contributed by atoms with Gasteiger partial charge in [-0.15, -0.1) is 0 Å². The lowest BCUT2D eigenvalue weighted by Crippen LogP contribution is -2.49. The van der Waals surface area contributed by atoms with E-state index in [-0.39, 0.29) is 0 Å². The van der Waals surface area contributed by atoms with E-state index in [1.165, 1.54) is 0 Å². The Labute approximate surface area is 74.0 Å². The van der Waals surface area contributed by atoms with Crippen LogP contribution in [-0.4, -0.2) is 25.8 Å². The molecule has 1 saturated heterocycles. The van der Waals surface area contributed by atoms with E-state index in [0.29, 0.717) is 19.1 Å². The molecule has 0 radical (unpaired) electrons. The van der Waals surface area contributed by atoms with Crippen molar-refractivity contribution >= 4 is 0 Å². The van der Waals surface area contributed by atoms with Gasteiger partial charge in [0, 0.05) is 6.61 Å². The molecular weight excluding hydrogens is 156 g/mol. The van der Waals surface area contributed by atoms with E-state index in [4.69, 9.17) is 14.2 Å². The Morgan fingerprint density at radius 3 is 2.42 bits per heavy atom. The highest BCUT2D eigenvalue weighted by Crippen LogP contribution is 2.29. The van der Waals surface area contributed by atoms with Crippen molar-refractivity contribution < 1.29 is 14.2 Å². The number of hydrogen-bond donors (Lipinski definition) is 0. The van der Waals surface area contributed by atoms with Crippen LogP contribution in [0.2, 0.25) is 0 Å². The van der Waals surface area contributed by atoms with E-state index in [1.54, 1.807) is 0 Å². The summed E-state index contributed by atoms with van der Waals surface area (Å²) in [5, 5.41) is 0. The highest BCUT2D eigenvalue weighted by molar-refractivity contribution is 4.67. The molecular formula is C9H18O3. The van der Waals surface area contributed by atoms with Crippen molar-refractivity contribution in [1.29, 1.82) is 0 Å². The Balaban J connectivity index is 2.24. The molecule has 0 saturated carbocycles. The van der Waals surface area contributed by atoms with Crippen molar-refractivity contribution in [2.24, 2.45) is 5.92 Å². The number of rotatable bonds is 5. The van der Waals surface area contributed by atoms with Crippen molar-refractivity contribution in [2.75, 3.05) is 19.8 Å². The molecule has 1 rings (SSSR count). The molecule has 1 fully saturated rings. The molecule has 1 heterocycles. The summed E-state index contributed by atoms with van der Waals surface area (Å²) in [5.41, 5.74) is 0. The van der Waals surface area contributed by atoms with Crippen LogP contribution < -0.4 is 0 Å². The topological polar surface area (TPSA) is 27.7 Å². The first-order valence-electron chi connectivity index (χ1n) is 4.60. The standard InChI is InChI=1S/C9H18O3/c1-4-10-9(5-6-11-9)12-7-8(2)3/h8H,4-7H2,1-3H3. The SMILES string of the molecule is CCOC1(OCC(C)C)CCO1. The molecule has 0 aromatic carbocycles. The molecule has 0 N–H and O–H groups in total. The first-order valence-corrected chi connectivity index (χ1v) is 4.60.